The van der Waals surface area contributed by atoms with Crippen molar-refractivity contribution >= 4 is 5.97 Å². The maximum atomic E-state index is 10.5. The molecule has 1 unspecified atom stereocenters. The van der Waals surface area contributed by atoms with Gasteiger partial charge in [0.25, 0.3) is 0 Å². The summed E-state index contributed by atoms with van der Waals surface area (Å²) >= 11 is 0. The Bertz CT molecular complexity index is 117. The summed E-state index contributed by atoms with van der Waals surface area (Å²) < 4.78 is 10.2. The molecule has 0 aliphatic rings. The lowest BCUT2D eigenvalue weighted by atomic mass is 10.2. The zero-order valence-electron chi connectivity index (χ0n) is 8.13. The molecule has 0 aromatic carbocycles. The molecule has 3 heteroatoms. The maximum Gasteiger partial charge on any atom is 0.302 e. The maximum absolute atomic E-state index is 10.5. The van der Waals surface area contributed by atoms with Gasteiger partial charge in [0.1, 0.15) is 6.61 Å². The average molecular weight is 174 g/mol. The molecule has 72 valence electrons. The molecule has 0 aromatic heterocycles. The summed E-state index contributed by atoms with van der Waals surface area (Å²) in [5.41, 5.74) is 0. The van der Waals surface area contributed by atoms with E-state index in [0.29, 0.717) is 13.2 Å². The smallest absolute Gasteiger partial charge is 0.302 e. The number of hydrogen-bond donors (Lipinski definition) is 0. The Hall–Kier alpha value is -0.570. The molecule has 0 heterocycles. The minimum Gasteiger partial charge on any atom is -0.463 e. The van der Waals surface area contributed by atoms with Crippen molar-refractivity contribution < 1.29 is 14.3 Å². The van der Waals surface area contributed by atoms with Gasteiger partial charge < -0.3 is 9.47 Å². The van der Waals surface area contributed by atoms with Crippen LogP contribution >= 0.6 is 0 Å². The van der Waals surface area contributed by atoms with Crippen molar-refractivity contribution in [2.45, 2.75) is 39.7 Å². The van der Waals surface area contributed by atoms with Crippen LogP contribution in [0.5, 0.6) is 0 Å². The first-order chi connectivity index (χ1) is 5.70. The van der Waals surface area contributed by atoms with Crippen molar-refractivity contribution in [3.05, 3.63) is 0 Å². The van der Waals surface area contributed by atoms with Gasteiger partial charge >= 0.3 is 5.97 Å². The first kappa shape index (κ1) is 11.4. The number of carbonyl (C=O) groups is 1. The lowest BCUT2D eigenvalue weighted by Gasteiger charge is -2.15. The summed E-state index contributed by atoms with van der Waals surface area (Å²) in [5, 5.41) is 0. The highest BCUT2D eigenvalue weighted by molar-refractivity contribution is 5.65. The van der Waals surface area contributed by atoms with E-state index in [1.807, 2.05) is 6.92 Å². The van der Waals surface area contributed by atoms with Gasteiger partial charge in [-0.1, -0.05) is 13.3 Å². The van der Waals surface area contributed by atoms with E-state index >= 15 is 0 Å². The third-order valence-electron chi connectivity index (χ3n) is 1.49. The quantitative estimate of drug-likeness (QED) is 0.575. The zero-order chi connectivity index (χ0) is 9.40. The van der Waals surface area contributed by atoms with Crippen LogP contribution in [0.2, 0.25) is 0 Å². The molecule has 1 atom stereocenters. The molecule has 0 radical (unpaired) electrons. The lowest BCUT2D eigenvalue weighted by molar-refractivity contribution is -0.145. The van der Waals surface area contributed by atoms with Crippen LogP contribution in [-0.4, -0.2) is 25.3 Å². The normalized spacial score (nSPS) is 12.6. The van der Waals surface area contributed by atoms with Gasteiger partial charge in [-0.15, -0.1) is 0 Å². The van der Waals surface area contributed by atoms with Gasteiger partial charge in [-0.25, -0.2) is 0 Å². The van der Waals surface area contributed by atoms with Gasteiger partial charge in [0.05, 0.1) is 6.10 Å². The van der Waals surface area contributed by atoms with E-state index in [0.717, 1.165) is 12.8 Å². The Morgan fingerprint density at radius 2 is 2.08 bits per heavy atom. The second-order valence-electron chi connectivity index (χ2n) is 2.67. The molecular formula is C9H18O3. The molecule has 0 amide bonds. The van der Waals surface area contributed by atoms with Crippen LogP contribution in [0.1, 0.15) is 33.6 Å². The number of rotatable bonds is 6. The highest BCUT2D eigenvalue weighted by Gasteiger charge is 2.08. The molecule has 0 aliphatic heterocycles. The van der Waals surface area contributed by atoms with Crippen LogP contribution in [0.3, 0.4) is 0 Å². The van der Waals surface area contributed by atoms with Crippen molar-refractivity contribution in [2.24, 2.45) is 0 Å². The van der Waals surface area contributed by atoms with Gasteiger partial charge in [0.2, 0.25) is 0 Å². The van der Waals surface area contributed by atoms with E-state index in [-0.39, 0.29) is 12.1 Å². The molecule has 0 spiro atoms. The number of esters is 1. The highest BCUT2D eigenvalue weighted by atomic mass is 16.6. The predicted octanol–water partition coefficient (Wildman–Crippen LogP) is 1.75. The number of hydrogen-bond acceptors (Lipinski definition) is 3. The van der Waals surface area contributed by atoms with Crippen LogP contribution in [-0.2, 0) is 14.3 Å². The monoisotopic (exact) mass is 174 g/mol. The van der Waals surface area contributed by atoms with E-state index in [1.165, 1.54) is 6.92 Å². The van der Waals surface area contributed by atoms with Gasteiger partial charge in [-0.05, 0) is 13.3 Å². The van der Waals surface area contributed by atoms with Gasteiger partial charge in [0, 0.05) is 13.5 Å². The third kappa shape index (κ3) is 6.16. The highest BCUT2D eigenvalue weighted by Crippen LogP contribution is 2.02. The second kappa shape index (κ2) is 7.10. The molecule has 0 bridgehead atoms. The number of ether oxygens (including phenoxy) is 2. The Labute approximate surface area is 74.0 Å². The largest absolute Gasteiger partial charge is 0.463 e. The van der Waals surface area contributed by atoms with Crippen LogP contribution in [0, 0.1) is 0 Å². The molecule has 0 rings (SSSR count). The van der Waals surface area contributed by atoms with E-state index < -0.39 is 0 Å². The standard InChI is InChI=1S/C9H18O3/c1-4-6-9(11-5-2)7-12-8(3)10/h9H,4-7H2,1-3H3. The second-order valence-corrected chi connectivity index (χ2v) is 2.67. The summed E-state index contributed by atoms with van der Waals surface area (Å²) in [6, 6.07) is 0. The van der Waals surface area contributed by atoms with Crippen molar-refractivity contribution in [3.8, 4) is 0 Å². The summed E-state index contributed by atoms with van der Waals surface area (Å²) in [5.74, 6) is -0.240. The minimum absolute atomic E-state index is 0.0731. The Morgan fingerprint density at radius 3 is 2.50 bits per heavy atom. The minimum atomic E-state index is -0.240. The first-order valence-corrected chi connectivity index (χ1v) is 4.45. The van der Waals surface area contributed by atoms with Crippen molar-refractivity contribution in [1.29, 1.82) is 0 Å². The molecule has 12 heavy (non-hydrogen) atoms. The van der Waals surface area contributed by atoms with E-state index in [2.05, 4.69) is 6.92 Å². The van der Waals surface area contributed by atoms with Crippen molar-refractivity contribution in [3.63, 3.8) is 0 Å². The van der Waals surface area contributed by atoms with Crippen LogP contribution in [0.4, 0.5) is 0 Å². The first-order valence-electron chi connectivity index (χ1n) is 4.45. The molecular weight excluding hydrogens is 156 g/mol. The fraction of sp³-hybridized carbons (Fsp3) is 0.889. The van der Waals surface area contributed by atoms with Crippen LogP contribution in [0.25, 0.3) is 0 Å². The lowest BCUT2D eigenvalue weighted by Crippen LogP contribution is -2.21. The topological polar surface area (TPSA) is 35.5 Å². The molecule has 0 saturated heterocycles. The molecule has 0 aromatic rings. The summed E-state index contributed by atoms with van der Waals surface area (Å²) in [6.45, 7) is 6.49. The third-order valence-corrected chi connectivity index (χ3v) is 1.49. The molecule has 0 fully saturated rings. The van der Waals surface area contributed by atoms with E-state index in [1.54, 1.807) is 0 Å². The molecule has 0 N–H and O–H groups in total. The molecule has 3 nitrogen and oxygen atoms in total. The Morgan fingerprint density at radius 1 is 1.42 bits per heavy atom. The van der Waals surface area contributed by atoms with Crippen molar-refractivity contribution in [1.82, 2.24) is 0 Å². The summed E-state index contributed by atoms with van der Waals surface area (Å²) in [4.78, 5) is 10.5. The molecule has 0 saturated carbocycles. The van der Waals surface area contributed by atoms with Crippen molar-refractivity contribution in [2.75, 3.05) is 13.2 Å². The predicted molar refractivity (Wildman–Crippen MR) is 47.0 cm³/mol. The average Bonchev–Trinajstić information content (AvgIpc) is 2.01. The van der Waals surface area contributed by atoms with Crippen LogP contribution < -0.4 is 0 Å². The summed E-state index contributed by atoms with van der Waals surface area (Å²) in [7, 11) is 0. The Balaban J connectivity index is 3.54. The van der Waals surface area contributed by atoms with Crippen LogP contribution in [0.15, 0.2) is 0 Å². The van der Waals surface area contributed by atoms with E-state index in [4.69, 9.17) is 9.47 Å². The zero-order valence-corrected chi connectivity index (χ0v) is 8.13. The molecule has 0 aliphatic carbocycles. The fourth-order valence-corrected chi connectivity index (χ4v) is 0.983. The summed E-state index contributed by atoms with van der Waals surface area (Å²) in [6.07, 6.45) is 2.07. The van der Waals surface area contributed by atoms with Gasteiger partial charge in [-0.2, -0.15) is 0 Å². The number of carbonyl (C=O) groups excluding carboxylic acids is 1. The van der Waals surface area contributed by atoms with Gasteiger partial charge in [0.15, 0.2) is 0 Å². The Kier molecular flexibility index (Phi) is 6.76. The van der Waals surface area contributed by atoms with Gasteiger partial charge in [-0.3, -0.25) is 4.79 Å². The SMILES string of the molecule is CCCC(COC(C)=O)OCC. The fourth-order valence-electron chi connectivity index (χ4n) is 0.983. The van der Waals surface area contributed by atoms with E-state index in [9.17, 15) is 4.79 Å².